The lowest BCUT2D eigenvalue weighted by atomic mass is 10.1. The van der Waals surface area contributed by atoms with Crippen LogP contribution in [0.3, 0.4) is 0 Å². The molecule has 0 atom stereocenters. The van der Waals surface area contributed by atoms with Crippen LogP contribution in [0.2, 0.25) is 5.02 Å². The SMILES string of the molecule is C=CCN(Cc1nc2ccc(Cl)cc2n1CC1CC1)C(=O)c1cc(F)ccc1F. The molecule has 3 aromatic rings. The highest BCUT2D eigenvalue weighted by Gasteiger charge is 2.26. The van der Waals surface area contributed by atoms with Crippen molar-refractivity contribution in [3.05, 3.63) is 77.1 Å². The second-order valence-corrected chi connectivity index (χ2v) is 7.75. The zero-order valence-electron chi connectivity index (χ0n) is 15.7. The molecular formula is C22H20ClF2N3O. The number of aromatic nitrogens is 2. The van der Waals surface area contributed by atoms with Crippen LogP contribution in [-0.2, 0) is 13.1 Å². The molecule has 150 valence electrons. The molecule has 1 saturated carbocycles. The Morgan fingerprint density at radius 2 is 2.07 bits per heavy atom. The van der Waals surface area contributed by atoms with E-state index in [1.807, 2.05) is 12.1 Å². The number of fused-ring (bicyclic) bond motifs is 1. The largest absolute Gasteiger partial charge is 0.327 e. The molecule has 0 saturated heterocycles. The van der Waals surface area contributed by atoms with Gasteiger partial charge in [0.05, 0.1) is 23.1 Å². The number of hydrogen-bond donors (Lipinski definition) is 0. The summed E-state index contributed by atoms with van der Waals surface area (Å²) in [6.45, 7) is 4.81. The van der Waals surface area contributed by atoms with Gasteiger partial charge in [0, 0.05) is 18.1 Å². The number of amides is 1. The van der Waals surface area contributed by atoms with Gasteiger partial charge in [-0.15, -0.1) is 6.58 Å². The number of carbonyl (C=O) groups excluding carboxylic acids is 1. The molecule has 0 spiro atoms. The number of benzene rings is 2. The molecule has 0 bridgehead atoms. The van der Waals surface area contributed by atoms with Gasteiger partial charge in [-0.05, 0) is 55.2 Å². The average Bonchev–Trinajstić information content (AvgIpc) is 3.46. The normalized spacial score (nSPS) is 13.6. The van der Waals surface area contributed by atoms with E-state index in [1.54, 1.807) is 12.1 Å². The van der Waals surface area contributed by atoms with Gasteiger partial charge < -0.3 is 9.47 Å². The van der Waals surface area contributed by atoms with Crippen molar-refractivity contribution in [3.8, 4) is 0 Å². The predicted molar refractivity (Wildman–Crippen MR) is 109 cm³/mol. The maximum absolute atomic E-state index is 14.2. The zero-order valence-corrected chi connectivity index (χ0v) is 16.5. The summed E-state index contributed by atoms with van der Waals surface area (Å²) in [4.78, 5) is 19.0. The summed E-state index contributed by atoms with van der Waals surface area (Å²) < 4.78 is 29.8. The molecule has 4 rings (SSSR count). The van der Waals surface area contributed by atoms with E-state index >= 15 is 0 Å². The molecule has 1 aliphatic rings. The molecule has 2 aromatic carbocycles. The molecule has 29 heavy (non-hydrogen) atoms. The van der Waals surface area contributed by atoms with Gasteiger partial charge in [0.25, 0.3) is 5.91 Å². The lowest BCUT2D eigenvalue weighted by Gasteiger charge is -2.22. The summed E-state index contributed by atoms with van der Waals surface area (Å²) in [7, 11) is 0. The third-order valence-electron chi connectivity index (χ3n) is 5.05. The summed E-state index contributed by atoms with van der Waals surface area (Å²) in [5, 5.41) is 0.613. The standard InChI is InChI=1S/C22H20ClF2N3O/c1-2-9-27(22(29)17-11-16(24)6-7-18(17)25)13-21-26-19-8-5-15(23)10-20(19)28(21)12-14-3-4-14/h2,5-8,10-11,14H,1,3-4,9,12-13H2. The first-order valence-electron chi connectivity index (χ1n) is 9.46. The molecular weight excluding hydrogens is 396 g/mol. The molecule has 1 fully saturated rings. The Morgan fingerprint density at radius 3 is 2.79 bits per heavy atom. The lowest BCUT2D eigenvalue weighted by molar-refractivity contribution is 0.0752. The van der Waals surface area contributed by atoms with Crippen LogP contribution in [0, 0.1) is 17.6 Å². The van der Waals surface area contributed by atoms with E-state index in [2.05, 4.69) is 16.1 Å². The Hall–Kier alpha value is -2.73. The number of hydrogen-bond acceptors (Lipinski definition) is 2. The van der Waals surface area contributed by atoms with Gasteiger partial charge >= 0.3 is 0 Å². The summed E-state index contributed by atoms with van der Waals surface area (Å²) in [5.41, 5.74) is 1.38. The van der Waals surface area contributed by atoms with Gasteiger partial charge in [-0.2, -0.15) is 0 Å². The fourth-order valence-corrected chi connectivity index (χ4v) is 3.57. The molecule has 0 unspecified atom stereocenters. The topological polar surface area (TPSA) is 38.1 Å². The van der Waals surface area contributed by atoms with Gasteiger partial charge in [0.15, 0.2) is 0 Å². The van der Waals surface area contributed by atoms with Gasteiger partial charge in [-0.3, -0.25) is 4.79 Å². The van der Waals surface area contributed by atoms with Crippen LogP contribution in [0.5, 0.6) is 0 Å². The van der Waals surface area contributed by atoms with E-state index in [4.69, 9.17) is 11.6 Å². The first-order chi connectivity index (χ1) is 14.0. The first kappa shape index (κ1) is 19.6. The summed E-state index contributed by atoms with van der Waals surface area (Å²) in [6, 6.07) is 8.34. The molecule has 7 heteroatoms. The predicted octanol–water partition coefficient (Wildman–Crippen LogP) is 5.21. The minimum Gasteiger partial charge on any atom is -0.327 e. The molecule has 1 aromatic heterocycles. The Kier molecular flexibility index (Phi) is 5.37. The first-order valence-corrected chi connectivity index (χ1v) is 9.84. The van der Waals surface area contributed by atoms with Crippen LogP contribution in [0.1, 0.15) is 29.0 Å². The molecule has 0 aliphatic heterocycles. The average molecular weight is 416 g/mol. The van der Waals surface area contributed by atoms with Crippen molar-refractivity contribution < 1.29 is 13.6 Å². The Morgan fingerprint density at radius 1 is 1.28 bits per heavy atom. The van der Waals surface area contributed by atoms with E-state index in [0.717, 1.165) is 48.6 Å². The van der Waals surface area contributed by atoms with E-state index in [-0.39, 0.29) is 18.7 Å². The molecule has 4 nitrogen and oxygen atoms in total. The highest BCUT2D eigenvalue weighted by atomic mass is 35.5. The fraction of sp³-hybridized carbons (Fsp3) is 0.273. The minimum atomic E-state index is -0.760. The number of carbonyl (C=O) groups is 1. The van der Waals surface area contributed by atoms with E-state index in [1.165, 1.54) is 4.90 Å². The Bertz CT molecular complexity index is 1090. The van der Waals surface area contributed by atoms with Crippen LogP contribution in [0.25, 0.3) is 11.0 Å². The van der Waals surface area contributed by atoms with E-state index < -0.39 is 17.5 Å². The second-order valence-electron chi connectivity index (χ2n) is 7.31. The monoisotopic (exact) mass is 415 g/mol. The maximum atomic E-state index is 14.2. The van der Waals surface area contributed by atoms with E-state index in [9.17, 15) is 13.6 Å². The Balaban J connectivity index is 1.71. The van der Waals surface area contributed by atoms with Crippen LogP contribution in [-0.4, -0.2) is 26.9 Å². The summed E-state index contributed by atoms with van der Waals surface area (Å²) >= 11 is 6.17. The van der Waals surface area contributed by atoms with Crippen molar-refractivity contribution >= 4 is 28.5 Å². The number of rotatable bonds is 7. The van der Waals surface area contributed by atoms with Crippen molar-refractivity contribution in [3.63, 3.8) is 0 Å². The van der Waals surface area contributed by atoms with E-state index in [0.29, 0.717) is 16.8 Å². The third-order valence-corrected chi connectivity index (χ3v) is 5.29. The molecule has 0 radical (unpaired) electrons. The molecule has 1 amide bonds. The third kappa shape index (κ3) is 4.17. The van der Waals surface area contributed by atoms with Crippen LogP contribution < -0.4 is 0 Å². The highest BCUT2D eigenvalue weighted by molar-refractivity contribution is 6.31. The van der Waals surface area contributed by atoms with Crippen molar-refractivity contribution in [2.45, 2.75) is 25.9 Å². The van der Waals surface area contributed by atoms with Crippen molar-refractivity contribution in [2.24, 2.45) is 5.92 Å². The van der Waals surface area contributed by atoms with Crippen LogP contribution in [0.4, 0.5) is 8.78 Å². The molecule has 1 heterocycles. The van der Waals surface area contributed by atoms with Gasteiger partial charge in [-0.1, -0.05) is 17.7 Å². The number of nitrogens with zero attached hydrogens (tertiary/aromatic N) is 3. The smallest absolute Gasteiger partial charge is 0.257 e. The van der Waals surface area contributed by atoms with Crippen molar-refractivity contribution in [2.75, 3.05) is 6.54 Å². The van der Waals surface area contributed by atoms with Gasteiger partial charge in [0.2, 0.25) is 0 Å². The Labute approximate surface area is 172 Å². The van der Waals surface area contributed by atoms with Crippen molar-refractivity contribution in [1.29, 1.82) is 0 Å². The zero-order chi connectivity index (χ0) is 20.5. The van der Waals surface area contributed by atoms with Gasteiger partial charge in [-0.25, -0.2) is 13.8 Å². The quantitative estimate of drug-likeness (QED) is 0.497. The lowest BCUT2D eigenvalue weighted by Crippen LogP contribution is -2.32. The summed E-state index contributed by atoms with van der Waals surface area (Å²) in [5.74, 6) is -0.770. The van der Waals surface area contributed by atoms with Crippen LogP contribution in [0.15, 0.2) is 49.1 Å². The van der Waals surface area contributed by atoms with Gasteiger partial charge in [0.1, 0.15) is 17.5 Å². The number of imidazole rings is 1. The number of halogens is 3. The van der Waals surface area contributed by atoms with Crippen LogP contribution >= 0.6 is 11.6 Å². The van der Waals surface area contributed by atoms with Crippen molar-refractivity contribution in [1.82, 2.24) is 14.5 Å². The fourth-order valence-electron chi connectivity index (χ4n) is 3.41. The highest BCUT2D eigenvalue weighted by Crippen LogP contribution is 2.33. The maximum Gasteiger partial charge on any atom is 0.257 e. The minimum absolute atomic E-state index is 0.153. The second kappa shape index (κ2) is 7.95. The molecule has 0 N–H and O–H groups in total. The molecule has 1 aliphatic carbocycles. The summed E-state index contributed by atoms with van der Waals surface area (Å²) in [6.07, 6.45) is 3.87.